The van der Waals surface area contributed by atoms with Gasteiger partial charge < -0.3 is 9.47 Å². The highest BCUT2D eigenvalue weighted by atomic mass is 16.5. The summed E-state index contributed by atoms with van der Waals surface area (Å²) in [4.78, 5) is 12.1. The molecule has 0 N–H and O–H groups in total. The zero-order chi connectivity index (χ0) is 16.5. The number of carbonyl (C=O) groups is 1. The highest BCUT2D eigenvalue weighted by molar-refractivity contribution is 5.91. The lowest BCUT2D eigenvalue weighted by Crippen LogP contribution is -2.08. The van der Waals surface area contributed by atoms with E-state index >= 15 is 0 Å². The Morgan fingerprint density at radius 2 is 1.65 bits per heavy atom. The van der Waals surface area contributed by atoms with Crippen molar-refractivity contribution < 1.29 is 14.3 Å². The van der Waals surface area contributed by atoms with Gasteiger partial charge in [0.05, 0.1) is 12.2 Å². The maximum absolute atomic E-state index is 12.1. The molecule has 0 unspecified atom stereocenters. The van der Waals surface area contributed by atoms with Crippen LogP contribution in [0.25, 0.3) is 0 Å². The minimum absolute atomic E-state index is 0.406. The number of ether oxygens (including phenoxy) is 2. The molecular weight excluding hydrogens is 288 g/mol. The van der Waals surface area contributed by atoms with E-state index in [4.69, 9.17) is 15.9 Å². The van der Waals surface area contributed by atoms with Crippen molar-refractivity contribution in [2.45, 2.75) is 26.2 Å². The van der Waals surface area contributed by atoms with Crippen LogP contribution in [0.15, 0.2) is 48.5 Å². The van der Waals surface area contributed by atoms with E-state index in [2.05, 4.69) is 12.8 Å². The van der Waals surface area contributed by atoms with E-state index in [1.54, 1.807) is 48.5 Å². The minimum Gasteiger partial charge on any atom is -0.494 e. The molecule has 23 heavy (non-hydrogen) atoms. The summed E-state index contributed by atoms with van der Waals surface area (Å²) in [5.41, 5.74) is 1.22. The smallest absolute Gasteiger partial charge is 0.343 e. The van der Waals surface area contributed by atoms with Crippen LogP contribution in [0.3, 0.4) is 0 Å². The van der Waals surface area contributed by atoms with Gasteiger partial charge in [0.15, 0.2) is 0 Å². The topological polar surface area (TPSA) is 35.5 Å². The van der Waals surface area contributed by atoms with Gasteiger partial charge in [-0.25, -0.2) is 4.79 Å². The Kier molecular flexibility index (Phi) is 6.26. The molecule has 3 nitrogen and oxygen atoms in total. The molecule has 0 saturated heterocycles. The van der Waals surface area contributed by atoms with Gasteiger partial charge in [-0.2, -0.15) is 0 Å². The molecular formula is C20H20O3. The second-order valence-electron chi connectivity index (χ2n) is 5.14. The van der Waals surface area contributed by atoms with Crippen LogP contribution in [0.1, 0.15) is 42.1 Å². The molecule has 0 amide bonds. The van der Waals surface area contributed by atoms with Crippen molar-refractivity contribution in [1.29, 1.82) is 0 Å². The number of hydrogen-bond donors (Lipinski definition) is 0. The number of terminal acetylenes is 1. The summed E-state index contributed by atoms with van der Waals surface area (Å²) in [7, 11) is 0. The number of benzene rings is 2. The molecule has 0 aliphatic heterocycles. The molecule has 3 heteroatoms. The molecule has 2 aromatic carbocycles. The summed E-state index contributed by atoms with van der Waals surface area (Å²) in [6.07, 6.45) is 8.64. The van der Waals surface area contributed by atoms with E-state index in [0.29, 0.717) is 17.9 Å². The van der Waals surface area contributed by atoms with E-state index in [1.165, 1.54) is 0 Å². The molecule has 0 bridgehead atoms. The highest BCUT2D eigenvalue weighted by Crippen LogP contribution is 2.16. The van der Waals surface area contributed by atoms with Crippen LogP contribution in [0.4, 0.5) is 0 Å². The van der Waals surface area contributed by atoms with Crippen LogP contribution >= 0.6 is 0 Å². The first-order chi connectivity index (χ1) is 11.2. The molecule has 0 heterocycles. The second-order valence-corrected chi connectivity index (χ2v) is 5.14. The van der Waals surface area contributed by atoms with Crippen molar-refractivity contribution in [3.8, 4) is 23.8 Å². The van der Waals surface area contributed by atoms with Gasteiger partial charge in [0, 0.05) is 5.56 Å². The van der Waals surface area contributed by atoms with E-state index in [-0.39, 0.29) is 0 Å². The summed E-state index contributed by atoms with van der Waals surface area (Å²) < 4.78 is 10.9. The first-order valence-corrected chi connectivity index (χ1v) is 7.74. The van der Waals surface area contributed by atoms with Gasteiger partial charge in [-0.3, -0.25) is 0 Å². The molecule has 0 spiro atoms. The van der Waals surface area contributed by atoms with Gasteiger partial charge in [-0.15, -0.1) is 6.42 Å². The molecule has 2 rings (SSSR count). The SMILES string of the molecule is C#Cc1ccc(OC(=O)c2ccc(OCCCCC)cc2)cc1. The Labute approximate surface area is 137 Å². The second kappa shape index (κ2) is 8.65. The Hall–Kier alpha value is -2.73. The first kappa shape index (κ1) is 16.6. The monoisotopic (exact) mass is 308 g/mol. The van der Waals surface area contributed by atoms with Gasteiger partial charge in [-0.05, 0) is 55.0 Å². The fourth-order valence-electron chi connectivity index (χ4n) is 2.01. The van der Waals surface area contributed by atoms with Crippen molar-refractivity contribution in [3.63, 3.8) is 0 Å². The largest absolute Gasteiger partial charge is 0.494 e. The lowest BCUT2D eigenvalue weighted by atomic mass is 10.2. The standard InChI is InChI=1S/C20H20O3/c1-3-5-6-15-22-18-13-9-17(10-14-18)20(21)23-19-11-7-16(4-2)8-12-19/h2,7-14H,3,5-6,15H2,1H3. The van der Waals surface area contributed by atoms with Gasteiger partial charge >= 0.3 is 5.97 Å². The Morgan fingerprint density at radius 1 is 1.00 bits per heavy atom. The molecule has 0 aliphatic rings. The van der Waals surface area contributed by atoms with Gasteiger partial charge in [-0.1, -0.05) is 25.7 Å². The quantitative estimate of drug-likeness (QED) is 0.328. The average Bonchev–Trinajstić information content (AvgIpc) is 2.60. The fourth-order valence-corrected chi connectivity index (χ4v) is 2.01. The predicted octanol–water partition coefficient (Wildman–Crippen LogP) is 4.46. The number of rotatable bonds is 7. The molecule has 0 aliphatic carbocycles. The number of carbonyl (C=O) groups excluding carboxylic acids is 1. The first-order valence-electron chi connectivity index (χ1n) is 7.74. The van der Waals surface area contributed by atoms with E-state index in [9.17, 15) is 4.79 Å². The van der Waals surface area contributed by atoms with Crippen LogP contribution in [0, 0.1) is 12.3 Å². The van der Waals surface area contributed by atoms with Crippen LogP contribution < -0.4 is 9.47 Å². The molecule has 0 atom stereocenters. The Balaban J connectivity index is 1.90. The molecule has 0 fully saturated rings. The molecule has 2 aromatic rings. The van der Waals surface area contributed by atoms with Gasteiger partial charge in [0.1, 0.15) is 11.5 Å². The summed E-state index contributed by atoms with van der Waals surface area (Å²) >= 11 is 0. The lowest BCUT2D eigenvalue weighted by Gasteiger charge is -2.07. The third kappa shape index (κ3) is 5.19. The van der Waals surface area contributed by atoms with E-state index in [1.807, 2.05) is 0 Å². The van der Waals surface area contributed by atoms with Crippen LogP contribution in [0.5, 0.6) is 11.5 Å². The number of hydrogen-bond acceptors (Lipinski definition) is 3. The normalized spacial score (nSPS) is 9.91. The minimum atomic E-state index is -0.406. The van der Waals surface area contributed by atoms with Crippen molar-refractivity contribution in [2.24, 2.45) is 0 Å². The number of unbranched alkanes of at least 4 members (excludes halogenated alkanes) is 2. The van der Waals surface area contributed by atoms with E-state index in [0.717, 1.165) is 30.6 Å². The van der Waals surface area contributed by atoms with Crippen LogP contribution in [-0.4, -0.2) is 12.6 Å². The van der Waals surface area contributed by atoms with Gasteiger partial charge in [0.25, 0.3) is 0 Å². The zero-order valence-electron chi connectivity index (χ0n) is 13.2. The summed E-state index contributed by atoms with van der Waals surface area (Å²) in [5.74, 6) is 3.34. The van der Waals surface area contributed by atoms with Gasteiger partial charge in [0.2, 0.25) is 0 Å². The zero-order valence-corrected chi connectivity index (χ0v) is 13.2. The third-order valence-corrected chi connectivity index (χ3v) is 3.34. The summed E-state index contributed by atoms with van der Waals surface area (Å²) in [6, 6.07) is 13.8. The average molecular weight is 308 g/mol. The molecule has 118 valence electrons. The maximum Gasteiger partial charge on any atom is 0.343 e. The van der Waals surface area contributed by atoms with Crippen molar-refractivity contribution in [3.05, 3.63) is 59.7 Å². The van der Waals surface area contributed by atoms with Crippen LogP contribution in [0.2, 0.25) is 0 Å². The van der Waals surface area contributed by atoms with Crippen molar-refractivity contribution >= 4 is 5.97 Å². The third-order valence-electron chi connectivity index (χ3n) is 3.34. The fraction of sp³-hybridized carbons (Fsp3) is 0.250. The molecule has 0 aromatic heterocycles. The lowest BCUT2D eigenvalue weighted by molar-refractivity contribution is 0.0734. The predicted molar refractivity (Wildman–Crippen MR) is 90.8 cm³/mol. The summed E-state index contributed by atoms with van der Waals surface area (Å²) in [6.45, 7) is 2.85. The molecule has 0 saturated carbocycles. The molecule has 0 radical (unpaired) electrons. The number of esters is 1. The highest BCUT2D eigenvalue weighted by Gasteiger charge is 2.08. The Bertz CT molecular complexity index is 664. The summed E-state index contributed by atoms with van der Waals surface area (Å²) in [5, 5.41) is 0. The maximum atomic E-state index is 12.1. The van der Waals surface area contributed by atoms with Crippen molar-refractivity contribution in [2.75, 3.05) is 6.61 Å². The van der Waals surface area contributed by atoms with Crippen LogP contribution in [-0.2, 0) is 0 Å². The van der Waals surface area contributed by atoms with Crippen molar-refractivity contribution in [1.82, 2.24) is 0 Å². The van der Waals surface area contributed by atoms with E-state index < -0.39 is 5.97 Å². The Morgan fingerprint density at radius 3 is 2.26 bits per heavy atom.